The summed E-state index contributed by atoms with van der Waals surface area (Å²) in [5.74, 6) is 0.279. The van der Waals surface area contributed by atoms with Gasteiger partial charge in [0.2, 0.25) is 5.91 Å². The van der Waals surface area contributed by atoms with Crippen LogP contribution in [0, 0.1) is 0 Å². The number of benzene rings is 2. The van der Waals surface area contributed by atoms with Gasteiger partial charge in [0.15, 0.2) is 5.78 Å². The number of ether oxygens (including phenoxy) is 1. The molecule has 0 aliphatic carbocycles. The Morgan fingerprint density at radius 2 is 1.76 bits per heavy atom. The van der Waals surface area contributed by atoms with Gasteiger partial charge in [-0.25, -0.2) is 12.7 Å². The quantitative estimate of drug-likeness (QED) is 0.552. The average molecular weight is 415 g/mol. The van der Waals surface area contributed by atoms with Crippen LogP contribution in [0.1, 0.15) is 17.3 Å². The maximum absolute atomic E-state index is 13.0. The molecule has 1 heterocycles. The Balaban J connectivity index is 1.83. The third kappa shape index (κ3) is 4.57. The summed E-state index contributed by atoms with van der Waals surface area (Å²) in [6.07, 6.45) is 1.28. The van der Waals surface area contributed by atoms with Gasteiger partial charge < -0.3 is 15.4 Å². The van der Waals surface area contributed by atoms with Crippen LogP contribution in [0.2, 0.25) is 0 Å². The van der Waals surface area contributed by atoms with Gasteiger partial charge in [0.1, 0.15) is 11.6 Å². The highest BCUT2D eigenvalue weighted by molar-refractivity contribution is 7.89. The van der Waals surface area contributed by atoms with Crippen molar-refractivity contribution >= 4 is 27.4 Å². The Labute approximate surface area is 169 Å². The van der Waals surface area contributed by atoms with Crippen molar-refractivity contribution in [3.05, 3.63) is 66.0 Å². The number of ketones is 1. The first kappa shape index (κ1) is 20.4. The third-order valence-electron chi connectivity index (χ3n) is 4.29. The predicted octanol–water partition coefficient (Wildman–Crippen LogP) is 1.97. The van der Waals surface area contributed by atoms with Gasteiger partial charge in [-0.1, -0.05) is 0 Å². The molecule has 1 saturated heterocycles. The molecule has 3 rings (SSSR count). The average Bonchev–Trinajstić information content (AvgIpc) is 3.17. The second-order valence-corrected chi connectivity index (χ2v) is 8.19. The Kier molecular flexibility index (Phi) is 5.88. The maximum Gasteiger partial charge on any atom is 0.265 e. The van der Waals surface area contributed by atoms with E-state index in [0.717, 1.165) is 0 Å². The van der Waals surface area contributed by atoms with Crippen molar-refractivity contribution in [1.29, 1.82) is 0 Å². The van der Waals surface area contributed by atoms with Crippen molar-refractivity contribution in [3.8, 4) is 5.75 Å². The van der Waals surface area contributed by atoms with Gasteiger partial charge in [0, 0.05) is 30.8 Å². The van der Waals surface area contributed by atoms with Crippen LogP contribution in [0.15, 0.2) is 65.3 Å². The van der Waals surface area contributed by atoms with Crippen molar-refractivity contribution in [2.24, 2.45) is 0 Å². The Morgan fingerprint density at radius 3 is 2.34 bits per heavy atom. The molecular weight excluding hydrogens is 394 g/mol. The zero-order chi connectivity index (χ0) is 21.0. The summed E-state index contributed by atoms with van der Waals surface area (Å²) >= 11 is 0. The van der Waals surface area contributed by atoms with Gasteiger partial charge in [0.25, 0.3) is 10.0 Å². The summed E-state index contributed by atoms with van der Waals surface area (Å²) in [7, 11) is -2.32. The number of hydrogen-bond donors (Lipinski definition) is 2. The van der Waals surface area contributed by atoms with E-state index >= 15 is 0 Å². The largest absolute Gasteiger partial charge is 0.497 e. The fourth-order valence-electron chi connectivity index (χ4n) is 2.87. The summed E-state index contributed by atoms with van der Waals surface area (Å²) in [6, 6.07) is 12.4. The fourth-order valence-corrected chi connectivity index (χ4v) is 4.31. The molecule has 0 saturated carbocycles. The predicted molar refractivity (Wildman–Crippen MR) is 108 cm³/mol. The minimum atomic E-state index is -3.85. The molecule has 2 aromatic rings. The first-order valence-corrected chi connectivity index (χ1v) is 10.3. The van der Waals surface area contributed by atoms with E-state index in [2.05, 4.69) is 10.6 Å². The van der Waals surface area contributed by atoms with E-state index in [1.807, 2.05) is 0 Å². The molecule has 152 valence electrons. The Morgan fingerprint density at radius 1 is 1.10 bits per heavy atom. The Hall–Kier alpha value is -3.33. The molecule has 0 unspecified atom stereocenters. The highest BCUT2D eigenvalue weighted by atomic mass is 32.2. The van der Waals surface area contributed by atoms with Gasteiger partial charge in [-0.2, -0.15) is 0 Å². The molecule has 1 aliphatic rings. The maximum atomic E-state index is 13.0. The molecule has 0 atom stereocenters. The zero-order valence-electron chi connectivity index (χ0n) is 16.0. The lowest BCUT2D eigenvalue weighted by Gasteiger charge is -2.19. The normalized spacial score (nSPS) is 15.1. The van der Waals surface area contributed by atoms with E-state index in [-0.39, 0.29) is 29.0 Å². The number of carbonyl (C=O) groups is 2. The number of nitrogens with one attached hydrogen (secondary N) is 2. The van der Waals surface area contributed by atoms with Crippen molar-refractivity contribution in [2.45, 2.75) is 11.8 Å². The number of carbonyl (C=O) groups excluding carboxylic acids is 2. The van der Waals surface area contributed by atoms with Crippen molar-refractivity contribution < 1.29 is 22.7 Å². The first-order chi connectivity index (χ1) is 13.8. The second-order valence-electron chi connectivity index (χ2n) is 6.33. The summed E-state index contributed by atoms with van der Waals surface area (Å²) in [4.78, 5) is 23.7. The van der Waals surface area contributed by atoms with Crippen LogP contribution in [-0.4, -0.2) is 44.6 Å². The van der Waals surface area contributed by atoms with Gasteiger partial charge in [0.05, 0.1) is 18.6 Å². The molecule has 8 nitrogen and oxygen atoms in total. The molecule has 2 N–H and O–H groups in total. The third-order valence-corrected chi connectivity index (χ3v) is 6.12. The van der Waals surface area contributed by atoms with Crippen LogP contribution in [0.5, 0.6) is 5.75 Å². The SMILES string of the molecule is COc1ccc(C(=O)/C=C2\NCCN2S(=O)(=O)c2ccc(NC(C)=O)cc2)cc1. The number of allylic oxidation sites excluding steroid dienone is 1. The minimum absolute atomic E-state index is 0.0677. The van der Waals surface area contributed by atoms with E-state index in [0.29, 0.717) is 23.5 Å². The molecule has 9 heteroatoms. The van der Waals surface area contributed by atoms with E-state index in [4.69, 9.17) is 4.74 Å². The molecular formula is C20H21N3O5S. The number of amides is 1. The topological polar surface area (TPSA) is 105 Å². The van der Waals surface area contributed by atoms with Crippen molar-refractivity contribution in [3.63, 3.8) is 0 Å². The Bertz CT molecular complexity index is 1040. The van der Waals surface area contributed by atoms with E-state index in [1.54, 1.807) is 24.3 Å². The number of methoxy groups -OCH3 is 1. The number of anilines is 1. The van der Waals surface area contributed by atoms with E-state index < -0.39 is 10.0 Å². The molecule has 0 bridgehead atoms. The van der Waals surface area contributed by atoms with E-state index in [1.165, 1.54) is 48.7 Å². The van der Waals surface area contributed by atoms with Crippen LogP contribution < -0.4 is 15.4 Å². The highest BCUT2D eigenvalue weighted by Crippen LogP contribution is 2.23. The molecule has 0 spiro atoms. The van der Waals surface area contributed by atoms with Crippen molar-refractivity contribution in [2.75, 3.05) is 25.5 Å². The van der Waals surface area contributed by atoms with Gasteiger partial charge >= 0.3 is 0 Å². The fraction of sp³-hybridized carbons (Fsp3) is 0.200. The van der Waals surface area contributed by atoms with E-state index in [9.17, 15) is 18.0 Å². The number of hydrogen-bond acceptors (Lipinski definition) is 6. The van der Waals surface area contributed by atoms with Gasteiger partial charge in [-0.05, 0) is 48.5 Å². The lowest BCUT2D eigenvalue weighted by molar-refractivity contribution is -0.114. The van der Waals surface area contributed by atoms with Crippen LogP contribution in [0.3, 0.4) is 0 Å². The summed E-state index contributed by atoms with van der Waals surface area (Å²) in [6.45, 7) is 1.97. The van der Waals surface area contributed by atoms with Gasteiger partial charge in [-0.3, -0.25) is 9.59 Å². The second kappa shape index (κ2) is 8.36. The van der Waals surface area contributed by atoms with Crippen LogP contribution in [0.4, 0.5) is 5.69 Å². The zero-order valence-corrected chi connectivity index (χ0v) is 16.8. The van der Waals surface area contributed by atoms with Crippen molar-refractivity contribution in [1.82, 2.24) is 9.62 Å². The smallest absolute Gasteiger partial charge is 0.265 e. The summed E-state index contributed by atoms with van der Waals surface area (Å²) < 4.78 is 32.3. The van der Waals surface area contributed by atoms with Crippen LogP contribution in [-0.2, 0) is 14.8 Å². The van der Waals surface area contributed by atoms with Crippen LogP contribution in [0.25, 0.3) is 0 Å². The van der Waals surface area contributed by atoms with Gasteiger partial charge in [-0.15, -0.1) is 0 Å². The summed E-state index contributed by atoms with van der Waals surface area (Å²) in [5.41, 5.74) is 0.922. The number of rotatable bonds is 6. The molecule has 0 aromatic heterocycles. The molecule has 1 fully saturated rings. The standard InChI is InChI=1S/C20H21N3O5S/c1-14(24)22-16-5-9-18(10-6-16)29(26,27)23-12-11-21-20(23)13-19(25)15-3-7-17(28-2)8-4-15/h3-10,13,21H,11-12H2,1-2H3,(H,22,24)/b20-13+. The summed E-state index contributed by atoms with van der Waals surface area (Å²) in [5, 5.41) is 5.54. The molecule has 2 aromatic carbocycles. The lowest BCUT2D eigenvalue weighted by atomic mass is 10.1. The first-order valence-electron chi connectivity index (χ1n) is 8.85. The highest BCUT2D eigenvalue weighted by Gasteiger charge is 2.30. The number of sulfonamides is 1. The lowest BCUT2D eigenvalue weighted by Crippen LogP contribution is -2.29. The molecule has 0 radical (unpaired) electrons. The minimum Gasteiger partial charge on any atom is -0.497 e. The molecule has 1 amide bonds. The monoisotopic (exact) mass is 415 g/mol. The number of nitrogens with zero attached hydrogens (tertiary/aromatic N) is 1. The molecule has 29 heavy (non-hydrogen) atoms. The van der Waals surface area contributed by atoms with Crippen LogP contribution >= 0.6 is 0 Å². The molecule has 1 aliphatic heterocycles.